The summed E-state index contributed by atoms with van der Waals surface area (Å²) in [5.74, 6) is 0.0885. The average molecular weight is 243 g/mol. The first-order chi connectivity index (χ1) is 8.19. The van der Waals surface area contributed by atoms with E-state index in [1.54, 1.807) is 12.0 Å². The van der Waals surface area contributed by atoms with Crippen molar-refractivity contribution in [2.45, 2.75) is 25.7 Å². The Hall–Kier alpha value is -1.10. The van der Waals surface area contributed by atoms with Gasteiger partial charge in [-0.2, -0.15) is 0 Å². The Morgan fingerprint density at radius 3 is 2.47 bits per heavy atom. The van der Waals surface area contributed by atoms with E-state index >= 15 is 0 Å². The number of methoxy groups -OCH3 is 2. The van der Waals surface area contributed by atoms with Crippen molar-refractivity contribution in [3.8, 4) is 0 Å². The minimum Gasteiger partial charge on any atom is -0.469 e. The first-order valence-electron chi connectivity index (χ1n) is 6.03. The van der Waals surface area contributed by atoms with Crippen molar-refractivity contribution < 1.29 is 19.1 Å². The highest BCUT2D eigenvalue weighted by atomic mass is 16.5. The van der Waals surface area contributed by atoms with Crippen LogP contribution in [-0.2, 0) is 19.1 Å². The van der Waals surface area contributed by atoms with E-state index in [1.165, 1.54) is 7.11 Å². The molecule has 5 nitrogen and oxygen atoms in total. The third-order valence-electron chi connectivity index (χ3n) is 2.83. The summed E-state index contributed by atoms with van der Waals surface area (Å²) in [6, 6.07) is 0. The van der Waals surface area contributed by atoms with Crippen molar-refractivity contribution in [2.24, 2.45) is 5.92 Å². The SMILES string of the molecule is COCCCN(CCC(=O)OC)C(=O)C1CC1. The number of rotatable bonds is 8. The molecule has 0 aromatic rings. The third-order valence-corrected chi connectivity index (χ3v) is 2.83. The summed E-state index contributed by atoms with van der Waals surface area (Å²) >= 11 is 0. The third kappa shape index (κ3) is 5.17. The number of carbonyl (C=O) groups is 2. The smallest absolute Gasteiger partial charge is 0.307 e. The van der Waals surface area contributed by atoms with Gasteiger partial charge in [-0.05, 0) is 19.3 Å². The molecule has 1 saturated carbocycles. The number of hydrogen-bond donors (Lipinski definition) is 0. The van der Waals surface area contributed by atoms with E-state index in [-0.39, 0.29) is 24.2 Å². The molecule has 17 heavy (non-hydrogen) atoms. The molecule has 0 unspecified atom stereocenters. The van der Waals surface area contributed by atoms with Crippen LogP contribution in [0, 0.1) is 5.92 Å². The molecule has 0 atom stereocenters. The first kappa shape index (κ1) is 14.0. The quantitative estimate of drug-likeness (QED) is 0.468. The van der Waals surface area contributed by atoms with Crippen molar-refractivity contribution in [3.63, 3.8) is 0 Å². The topological polar surface area (TPSA) is 55.8 Å². The Kier molecular flexibility index (Phi) is 5.97. The predicted molar refractivity (Wildman–Crippen MR) is 62.4 cm³/mol. The van der Waals surface area contributed by atoms with E-state index in [2.05, 4.69) is 4.74 Å². The van der Waals surface area contributed by atoms with Gasteiger partial charge in [0.2, 0.25) is 5.91 Å². The summed E-state index contributed by atoms with van der Waals surface area (Å²) < 4.78 is 9.55. The Morgan fingerprint density at radius 1 is 1.24 bits per heavy atom. The van der Waals surface area contributed by atoms with Crippen LogP contribution in [0.1, 0.15) is 25.7 Å². The Balaban J connectivity index is 2.34. The number of amides is 1. The summed E-state index contributed by atoms with van der Waals surface area (Å²) in [5.41, 5.74) is 0. The molecule has 5 heteroatoms. The molecule has 0 bridgehead atoms. The van der Waals surface area contributed by atoms with Gasteiger partial charge < -0.3 is 14.4 Å². The van der Waals surface area contributed by atoms with Crippen LogP contribution < -0.4 is 0 Å². The average Bonchev–Trinajstić information content (AvgIpc) is 3.16. The standard InChI is InChI=1S/C12H21NO4/c1-16-9-3-7-13(8-6-11(14)17-2)12(15)10-4-5-10/h10H,3-9H2,1-2H3. The normalized spacial score (nSPS) is 14.5. The minimum atomic E-state index is -0.273. The van der Waals surface area contributed by atoms with Crippen molar-refractivity contribution in [2.75, 3.05) is 33.9 Å². The monoisotopic (exact) mass is 243 g/mol. The molecule has 1 fully saturated rings. The van der Waals surface area contributed by atoms with Crippen molar-refractivity contribution in [1.29, 1.82) is 0 Å². The van der Waals surface area contributed by atoms with Gasteiger partial charge in [0.1, 0.15) is 0 Å². The van der Waals surface area contributed by atoms with Gasteiger partial charge >= 0.3 is 5.97 Å². The lowest BCUT2D eigenvalue weighted by Crippen LogP contribution is -2.35. The molecule has 0 aliphatic heterocycles. The van der Waals surface area contributed by atoms with Crippen molar-refractivity contribution >= 4 is 11.9 Å². The molecule has 98 valence electrons. The second kappa shape index (κ2) is 7.27. The first-order valence-corrected chi connectivity index (χ1v) is 6.03. The minimum absolute atomic E-state index is 0.171. The van der Waals surface area contributed by atoms with E-state index in [1.807, 2.05) is 0 Å². The zero-order chi connectivity index (χ0) is 12.7. The predicted octanol–water partition coefficient (Wildman–Crippen LogP) is 0.825. The number of nitrogens with zero attached hydrogens (tertiary/aromatic N) is 1. The molecular formula is C12H21NO4. The summed E-state index contributed by atoms with van der Waals surface area (Å²) in [6.45, 7) is 1.73. The summed E-state index contributed by atoms with van der Waals surface area (Å²) in [6.07, 6.45) is 3.04. The van der Waals surface area contributed by atoms with Crippen LogP contribution in [0.3, 0.4) is 0 Å². The van der Waals surface area contributed by atoms with Crippen LogP contribution in [0.2, 0.25) is 0 Å². The highest BCUT2D eigenvalue weighted by molar-refractivity contribution is 5.81. The highest BCUT2D eigenvalue weighted by Crippen LogP contribution is 2.31. The van der Waals surface area contributed by atoms with Crippen LogP contribution in [0.25, 0.3) is 0 Å². The van der Waals surface area contributed by atoms with Crippen LogP contribution in [0.15, 0.2) is 0 Å². The molecule has 1 aliphatic rings. The fraction of sp³-hybridized carbons (Fsp3) is 0.833. The molecule has 1 aliphatic carbocycles. The number of ether oxygens (including phenoxy) is 2. The molecule has 0 spiro atoms. The second-order valence-corrected chi connectivity index (χ2v) is 4.27. The van der Waals surface area contributed by atoms with Gasteiger partial charge in [0.15, 0.2) is 0 Å². The zero-order valence-electron chi connectivity index (χ0n) is 10.6. The van der Waals surface area contributed by atoms with Crippen molar-refractivity contribution in [1.82, 2.24) is 4.90 Å². The van der Waals surface area contributed by atoms with E-state index in [4.69, 9.17) is 4.74 Å². The lowest BCUT2D eigenvalue weighted by Gasteiger charge is -2.22. The number of carbonyl (C=O) groups excluding carboxylic acids is 2. The molecule has 0 aromatic carbocycles. The maximum Gasteiger partial charge on any atom is 0.307 e. The van der Waals surface area contributed by atoms with Crippen molar-refractivity contribution in [3.05, 3.63) is 0 Å². The van der Waals surface area contributed by atoms with Gasteiger partial charge in [-0.3, -0.25) is 9.59 Å². The van der Waals surface area contributed by atoms with Gasteiger partial charge in [0.05, 0.1) is 13.5 Å². The summed E-state index contributed by atoms with van der Waals surface area (Å²) in [5, 5.41) is 0. The summed E-state index contributed by atoms with van der Waals surface area (Å²) in [4.78, 5) is 24.8. The van der Waals surface area contributed by atoms with Gasteiger partial charge in [-0.1, -0.05) is 0 Å². The Bertz CT molecular complexity index is 263. The number of esters is 1. The van der Waals surface area contributed by atoms with E-state index in [0.29, 0.717) is 19.7 Å². The molecule has 0 saturated heterocycles. The number of hydrogen-bond acceptors (Lipinski definition) is 4. The van der Waals surface area contributed by atoms with Crippen LogP contribution in [0.5, 0.6) is 0 Å². The summed E-state index contributed by atoms with van der Waals surface area (Å²) in [7, 11) is 3.00. The van der Waals surface area contributed by atoms with Crippen LogP contribution in [-0.4, -0.2) is 50.7 Å². The van der Waals surface area contributed by atoms with Crippen LogP contribution in [0.4, 0.5) is 0 Å². The van der Waals surface area contributed by atoms with Gasteiger partial charge in [0.25, 0.3) is 0 Å². The Labute approximate surface area is 102 Å². The zero-order valence-corrected chi connectivity index (χ0v) is 10.6. The molecular weight excluding hydrogens is 222 g/mol. The molecule has 0 aromatic heterocycles. The lowest BCUT2D eigenvalue weighted by atomic mass is 10.3. The van der Waals surface area contributed by atoms with E-state index in [9.17, 15) is 9.59 Å². The second-order valence-electron chi connectivity index (χ2n) is 4.27. The fourth-order valence-corrected chi connectivity index (χ4v) is 1.65. The molecule has 1 rings (SSSR count). The van der Waals surface area contributed by atoms with E-state index < -0.39 is 0 Å². The van der Waals surface area contributed by atoms with E-state index in [0.717, 1.165) is 19.3 Å². The fourth-order valence-electron chi connectivity index (χ4n) is 1.65. The molecule has 0 radical (unpaired) electrons. The maximum atomic E-state index is 11.9. The molecule has 1 amide bonds. The van der Waals surface area contributed by atoms with Gasteiger partial charge in [0, 0.05) is 32.7 Å². The maximum absolute atomic E-state index is 11.9. The molecule has 0 heterocycles. The largest absolute Gasteiger partial charge is 0.469 e. The van der Waals surface area contributed by atoms with Gasteiger partial charge in [-0.15, -0.1) is 0 Å². The molecule has 0 N–H and O–H groups in total. The van der Waals surface area contributed by atoms with Gasteiger partial charge in [-0.25, -0.2) is 0 Å². The lowest BCUT2D eigenvalue weighted by molar-refractivity contribution is -0.142. The highest BCUT2D eigenvalue weighted by Gasteiger charge is 2.33. The van der Waals surface area contributed by atoms with Crippen LogP contribution >= 0.6 is 0 Å². The Morgan fingerprint density at radius 2 is 1.94 bits per heavy atom.